The molecule has 2 aromatic heterocycles. The molecule has 1 unspecified atom stereocenters. The highest BCUT2D eigenvalue weighted by atomic mass is 16.5. The molecule has 5 rings (SSSR count). The zero-order chi connectivity index (χ0) is 22.8. The summed E-state index contributed by atoms with van der Waals surface area (Å²) in [6, 6.07) is 17.2. The van der Waals surface area contributed by atoms with Gasteiger partial charge in [-0.1, -0.05) is 30.7 Å². The first-order valence-corrected chi connectivity index (χ1v) is 11.6. The Balaban J connectivity index is 1.58. The average Bonchev–Trinajstić information content (AvgIpc) is 3.24. The molecule has 5 heteroatoms. The number of likely N-dealkylation sites (N-methyl/N-ethyl adjacent to an activating group) is 1. The van der Waals surface area contributed by atoms with Crippen LogP contribution in [0.3, 0.4) is 0 Å². The molecule has 170 valence electrons. The highest BCUT2D eigenvalue weighted by molar-refractivity contribution is 5.99. The molecular weight excluding hydrogens is 410 g/mol. The summed E-state index contributed by atoms with van der Waals surface area (Å²) in [6.07, 6.45) is 9.98. The average molecular weight is 442 g/mol. The fourth-order valence-corrected chi connectivity index (χ4v) is 5.00. The van der Waals surface area contributed by atoms with Crippen LogP contribution >= 0.6 is 0 Å². The number of hydrogen-bond donors (Lipinski definition) is 0. The Morgan fingerprint density at radius 2 is 1.76 bits per heavy atom. The molecule has 1 fully saturated rings. The topological polar surface area (TPSA) is 39.5 Å². The molecule has 0 radical (unpaired) electrons. The Labute approximate surface area is 195 Å². The quantitative estimate of drug-likeness (QED) is 0.375. The molecule has 0 bridgehead atoms. The van der Waals surface area contributed by atoms with Crippen LogP contribution in [0.1, 0.15) is 19.3 Å². The maximum absolute atomic E-state index is 5.79. The molecule has 4 aromatic rings. The number of para-hydroxylation sites is 1. The van der Waals surface area contributed by atoms with E-state index in [0.29, 0.717) is 6.04 Å². The van der Waals surface area contributed by atoms with E-state index >= 15 is 0 Å². The van der Waals surface area contributed by atoms with Crippen LogP contribution in [0.4, 0.5) is 0 Å². The molecule has 1 aliphatic rings. The minimum absolute atomic E-state index is 0.538. The highest BCUT2D eigenvalue weighted by Gasteiger charge is 2.22. The van der Waals surface area contributed by atoms with Crippen LogP contribution in [-0.2, 0) is 6.54 Å². The van der Waals surface area contributed by atoms with Gasteiger partial charge < -0.3 is 18.9 Å². The third kappa shape index (κ3) is 4.21. The second-order valence-corrected chi connectivity index (χ2v) is 8.87. The molecule has 33 heavy (non-hydrogen) atoms. The van der Waals surface area contributed by atoms with Gasteiger partial charge in [-0.15, -0.1) is 0 Å². The zero-order valence-electron chi connectivity index (χ0n) is 19.6. The highest BCUT2D eigenvalue weighted by Crippen LogP contribution is 2.37. The zero-order valence-corrected chi connectivity index (χ0v) is 19.6. The lowest BCUT2D eigenvalue weighted by Gasteiger charge is -2.33. The van der Waals surface area contributed by atoms with E-state index < -0.39 is 0 Å². The smallest absolute Gasteiger partial charge is 0.143 e. The van der Waals surface area contributed by atoms with Crippen LogP contribution in [0.2, 0.25) is 0 Å². The standard InChI is InChI=1S/C28H31N3O2/c1-30-14-5-4-7-23(30)18-31-19-26(25-8-6-9-27(33-3)28(25)31)22-15-21(16-29-17-22)20-10-12-24(32-2)13-11-20/h6,8-13,15-17,19,23H,4-5,7,14,18H2,1-3H3. The maximum Gasteiger partial charge on any atom is 0.143 e. The number of pyridine rings is 1. The lowest BCUT2D eigenvalue weighted by Crippen LogP contribution is -2.39. The largest absolute Gasteiger partial charge is 0.497 e. The molecule has 5 nitrogen and oxygen atoms in total. The van der Waals surface area contributed by atoms with E-state index in [4.69, 9.17) is 9.47 Å². The Bertz CT molecular complexity index is 1250. The van der Waals surface area contributed by atoms with Crippen molar-refractivity contribution in [3.63, 3.8) is 0 Å². The first-order chi connectivity index (χ1) is 16.2. The number of hydrogen-bond acceptors (Lipinski definition) is 4. The number of fused-ring (bicyclic) bond motifs is 1. The van der Waals surface area contributed by atoms with Gasteiger partial charge in [-0.2, -0.15) is 0 Å². The molecular formula is C28H31N3O2. The Morgan fingerprint density at radius 3 is 2.52 bits per heavy atom. The van der Waals surface area contributed by atoms with Crippen molar-refractivity contribution in [2.45, 2.75) is 31.8 Å². The summed E-state index contributed by atoms with van der Waals surface area (Å²) in [5.74, 6) is 1.77. The van der Waals surface area contributed by atoms with Crippen LogP contribution in [-0.4, -0.2) is 48.3 Å². The number of methoxy groups -OCH3 is 2. The van der Waals surface area contributed by atoms with Crippen molar-refractivity contribution in [3.8, 4) is 33.8 Å². The van der Waals surface area contributed by atoms with Gasteiger partial charge >= 0.3 is 0 Å². The van der Waals surface area contributed by atoms with Crippen LogP contribution in [0.15, 0.2) is 67.1 Å². The van der Waals surface area contributed by atoms with E-state index in [1.807, 2.05) is 24.5 Å². The minimum Gasteiger partial charge on any atom is -0.497 e. The summed E-state index contributed by atoms with van der Waals surface area (Å²) in [5.41, 5.74) is 5.66. The fourth-order valence-electron chi connectivity index (χ4n) is 5.00. The minimum atomic E-state index is 0.538. The molecule has 0 spiro atoms. The van der Waals surface area contributed by atoms with E-state index in [1.165, 1.54) is 36.8 Å². The predicted octanol–water partition coefficient (Wildman–Crippen LogP) is 5.87. The monoisotopic (exact) mass is 441 g/mol. The Morgan fingerprint density at radius 1 is 0.939 bits per heavy atom. The third-order valence-corrected chi connectivity index (χ3v) is 6.88. The van der Waals surface area contributed by atoms with Gasteiger partial charge in [-0.05, 0) is 56.3 Å². The summed E-state index contributed by atoms with van der Waals surface area (Å²) in [4.78, 5) is 7.08. The van der Waals surface area contributed by atoms with Gasteiger partial charge in [0.1, 0.15) is 11.5 Å². The van der Waals surface area contributed by atoms with Crippen LogP contribution < -0.4 is 9.47 Å². The lowest BCUT2D eigenvalue weighted by atomic mass is 10.0. The molecule has 2 aromatic carbocycles. The summed E-state index contributed by atoms with van der Waals surface area (Å²) in [6.45, 7) is 2.13. The first-order valence-electron chi connectivity index (χ1n) is 11.6. The van der Waals surface area contributed by atoms with Gasteiger partial charge in [0.15, 0.2) is 0 Å². The van der Waals surface area contributed by atoms with Crippen molar-refractivity contribution in [3.05, 3.63) is 67.1 Å². The van der Waals surface area contributed by atoms with Gasteiger partial charge in [0.25, 0.3) is 0 Å². The number of aromatic nitrogens is 2. The second-order valence-electron chi connectivity index (χ2n) is 8.87. The molecule has 3 heterocycles. The number of nitrogens with zero attached hydrogens (tertiary/aromatic N) is 3. The van der Waals surface area contributed by atoms with Crippen molar-refractivity contribution in [1.29, 1.82) is 0 Å². The van der Waals surface area contributed by atoms with E-state index in [0.717, 1.165) is 40.3 Å². The van der Waals surface area contributed by atoms with Gasteiger partial charge in [0, 0.05) is 53.3 Å². The summed E-state index contributed by atoms with van der Waals surface area (Å²) in [7, 11) is 5.69. The lowest BCUT2D eigenvalue weighted by molar-refractivity contribution is 0.168. The fraction of sp³-hybridized carbons (Fsp3) is 0.321. The van der Waals surface area contributed by atoms with Crippen molar-refractivity contribution in [2.24, 2.45) is 0 Å². The Hall–Kier alpha value is -3.31. The molecule has 0 amide bonds. The number of benzene rings is 2. The summed E-state index contributed by atoms with van der Waals surface area (Å²) in [5, 5.41) is 1.20. The van der Waals surface area contributed by atoms with Gasteiger partial charge in [-0.3, -0.25) is 4.98 Å². The van der Waals surface area contributed by atoms with Crippen LogP contribution in [0.5, 0.6) is 11.5 Å². The SMILES string of the molecule is COc1ccc(-c2cncc(-c3cn(CC4CCCCN4C)c4c(OC)cccc34)c2)cc1. The molecule has 1 aliphatic heterocycles. The molecule has 0 aliphatic carbocycles. The van der Waals surface area contributed by atoms with Gasteiger partial charge in [0.2, 0.25) is 0 Å². The van der Waals surface area contributed by atoms with E-state index in [1.54, 1.807) is 14.2 Å². The summed E-state index contributed by atoms with van der Waals surface area (Å²) < 4.78 is 13.5. The van der Waals surface area contributed by atoms with Crippen molar-refractivity contribution < 1.29 is 9.47 Å². The number of piperidine rings is 1. The maximum atomic E-state index is 5.79. The van der Waals surface area contributed by atoms with Gasteiger partial charge in [-0.25, -0.2) is 0 Å². The van der Waals surface area contributed by atoms with Crippen molar-refractivity contribution in [2.75, 3.05) is 27.8 Å². The second kappa shape index (κ2) is 9.28. The number of likely N-dealkylation sites (tertiary alicyclic amines) is 1. The molecule has 1 saturated heterocycles. The summed E-state index contributed by atoms with van der Waals surface area (Å²) >= 11 is 0. The normalized spacial score (nSPS) is 16.8. The third-order valence-electron chi connectivity index (χ3n) is 6.88. The predicted molar refractivity (Wildman–Crippen MR) is 134 cm³/mol. The number of rotatable bonds is 6. The van der Waals surface area contributed by atoms with E-state index in [-0.39, 0.29) is 0 Å². The molecule has 1 atom stereocenters. The van der Waals surface area contributed by atoms with E-state index in [2.05, 4.69) is 64.1 Å². The first kappa shape index (κ1) is 21.5. The van der Waals surface area contributed by atoms with Crippen LogP contribution in [0, 0.1) is 0 Å². The van der Waals surface area contributed by atoms with Crippen molar-refractivity contribution >= 4 is 10.9 Å². The van der Waals surface area contributed by atoms with E-state index in [9.17, 15) is 0 Å². The van der Waals surface area contributed by atoms with Crippen molar-refractivity contribution in [1.82, 2.24) is 14.5 Å². The molecule has 0 saturated carbocycles. The number of ether oxygens (including phenoxy) is 2. The molecule has 0 N–H and O–H groups in total. The van der Waals surface area contributed by atoms with Crippen LogP contribution in [0.25, 0.3) is 33.2 Å². The van der Waals surface area contributed by atoms with Gasteiger partial charge in [0.05, 0.1) is 19.7 Å². The Kier molecular flexibility index (Phi) is 6.05.